The number of ether oxygens (including phenoxy) is 2. The highest BCUT2D eigenvalue weighted by Crippen LogP contribution is 2.35. The van der Waals surface area contributed by atoms with Crippen LogP contribution in [0, 0.1) is 34.5 Å². The fraction of sp³-hybridized carbons (Fsp3) is 0.610. The van der Waals surface area contributed by atoms with Gasteiger partial charge in [-0.25, -0.2) is 14.6 Å². The van der Waals surface area contributed by atoms with Gasteiger partial charge in [-0.3, -0.25) is 4.79 Å². The first kappa shape index (κ1) is 44.9. The monoisotopic (exact) mass is 748 g/mol. The van der Waals surface area contributed by atoms with Gasteiger partial charge in [-0.05, 0) is 62.1 Å². The third-order valence-electron chi connectivity index (χ3n) is 8.75. The summed E-state index contributed by atoms with van der Waals surface area (Å²) >= 11 is 1.44. The van der Waals surface area contributed by atoms with Gasteiger partial charge in [0.1, 0.15) is 41.2 Å². The predicted molar refractivity (Wildman–Crippen MR) is 210 cm³/mol. The quantitative estimate of drug-likeness (QED) is 0.0724. The highest BCUT2D eigenvalue weighted by atomic mass is 32.2. The molecule has 290 valence electrons. The van der Waals surface area contributed by atoms with Gasteiger partial charge < -0.3 is 25.0 Å². The first-order chi connectivity index (χ1) is 25.1. The van der Waals surface area contributed by atoms with Crippen molar-refractivity contribution in [3.05, 3.63) is 52.1 Å². The molecule has 1 aromatic carbocycles. The normalized spacial score (nSPS) is 12.3. The molecule has 0 fully saturated rings. The number of esters is 1. The summed E-state index contributed by atoms with van der Waals surface area (Å²) in [4.78, 5) is 43.5. The number of nitrogens with zero attached hydrogens (tertiary/aromatic N) is 4. The van der Waals surface area contributed by atoms with Crippen LogP contribution in [-0.4, -0.2) is 54.8 Å². The van der Waals surface area contributed by atoms with Crippen LogP contribution in [0.25, 0.3) is 0 Å². The van der Waals surface area contributed by atoms with Gasteiger partial charge in [0.05, 0.1) is 17.7 Å². The number of thioether (sulfide) groups is 1. The average Bonchev–Trinajstić information content (AvgIpc) is 3.09. The van der Waals surface area contributed by atoms with Crippen molar-refractivity contribution in [2.45, 2.75) is 136 Å². The molecule has 11 nitrogen and oxygen atoms in total. The van der Waals surface area contributed by atoms with Crippen LogP contribution >= 0.6 is 11.8 Å². The standard InChI is InChI=1S/C41H60N6O5S/c1-10-12-13-15-30(14-11-2)20-21-33-34(24-42)37(47(9)22-23-51-39(49)36(28(3)4)45-40(50)52-41(6,7)8)46-38(35(33)25-43)53-27-32-18-16-31(17-19-32)26-44-29(5)48/h16-19,28,30,36H,10-15,20-23,26-27H2,1-9H3,(H,44,48)(H,45,50)/t30-,36-/m0/s1. The van der Waals surface area contributed by atoms with Crippen LogP contribution in [0.15, 0.2) is 29.3 Å². The smallest absolute Gasteiger partial charge is 0.408 e. The number of nitrogens with one attached hydrogen (secondary N) is 2. The third-order valence-corrected chi connectivity index (χ3v) is 9.80. The Balaban J connectivity index is 2.39. The maximum Gasteiger partial charge on any atom is 0.408 e. The molecule has 0 bridgehead atoms. The number of hydrogen-bond acceptors (Lipinski definition) is 10. The number of pyridine rings is 1. The molecular formula is C41H60N6O5S. The zero-order valence-corrected chi connectivity index (χ0v) is 34.1. The molecule has 53 heavy (non-hydrogen) atoms. The van der Waals surface area contributed by atoms with Crippen molar-refractivity contribution in [2.75, 3.05) is 25.1 Å². The molecule has 0 aliphatic heterocycles. The van der Waals surface area contributed by atoms with E-state index in [1.165, 1.54) is 25.1 Å². The van der Waals surface area contributed by atoms with Crippen molar-refractivity contribution in [3.63, 3.8) is 0 Å². The lowest BCUT2D eigenvalue weighted by Gasteiger charge is -2.26. The average molecular weight is 749 g/mol. The van der Waals surface area contributed by atoms with Gasteiger partial charge in [0.15, 0.2) is 0 Å². The maximum atomic E-state index is 13.1. The van der Waals surface area contributed by atoms with Crippen molar-refractivity contribution >= 4 is 35.5 Å². The number of unbranched alkanes of at least 4 members (excludes halogenated alkanes) is 2. The Labute approximate surface area is 321 Å². The number of benzene rings is 1. The molecule has 0 aliphatic rings. The summed E-state index contributed by atoms with van der Waals surface area (Å²) in [5.41, 5.74) is 2.78. The van der Waals surface area contributed by atoms with Gasteiger partial charge >= 0.3 is 12.1 Å². The molecule has 0 saturated carbocycles. The summed E-state index contributed by atoms with van der Waals surface area (Å²) in [5, 5.41) is 27.0. The fourth-order valence-corrected chi connectivity index (χ4v) is 6.84. The van der Waals surface area contributed by atoms with Crippen LogP contribution in [0.3, 0.4) is 0 Å². The van der Waals surface area contributed by atoms with E-state index in [0.717, 1.165) is 49.7 Å². The van der Waals surface area contributed by atoms with Crippen LogP contribution in [0.2, 0.25) is 0 Å². The zero-order chi connectivity index (χ0) is 39.6. The molecule has 12 heteroatoms. The molecule has 2 N–H and O–H groups in total. The predicted octanol–water partition coefficient (Wildman–Crippen LogP) is 8.21. The van der Waals surface area contributed by atoms with Gasteiger partial charge in [-0.15, -0.1) is 11.8 Å². The van der Waals surface area contributed by atoms with E-state index < -0.39 is 23.7 Å². The fourth-order valence-electron chi connectivity index (χ4n) is 5.88. The van der Waals surface area contributed by atoms with E-state index >= 15 is 0 Å². The van der Waals surface area contributed by atoms with E-state index in [1.807, 2.05) is 38.1 Å². The van der Waals surface area contributed by atoms with Crippen molar-refractivity contribution < 1.29 is 23.9 Å². The number of nitriles is 2. The van der Waals surface area contributed by atoms with E-state index in [0.29, 0.717) is 52.2 Å². The number of aromatic nitrogens is 1. The minimum atomic E-state index is -0.902. The Hall–Kier alpha value is -4.29. The minimum Gasteiger partial charge on any atom is -0.462 e. The highest BCUT2D eigenvalue weighted by molar-refractivity contribution is 7.98. The van der Waals surface area contributed by atoms with Crippen LogP contribution in [-0.2, 0) is 37.8 Å². The lowest BCUT2D eigenvalue weighted by atomic mass is 9.88. The van der Waals surface area contributed by atoms with Gasteiger partial charge in [0.25, 0.3) is 0 Å². The molecule has 2 amide bonds. The Morgan fingerprint density at radius 1 is 0.962 bits per heavy atom. The van der Waals surface area contributed by atoms with E-state index in [1.54, 1.807) is 32.7 Å². The topological polar surface area (TPSA) is 157 Å². The first-order valence-electron chi connectivity index (χ1n) is 18.8. The van der Waals surface area contributed by atoms with E-state index in [2.05, 4.69) is 36.6 Å². The van der Waals surface area contributed by atoms with E-state index in [4.69, 9.17) is 14.5 Å². The van der Waals surface area contributed by atoms with Gasteiger partial charge in [0.2, 0.25) is 5.91 Å². The Bertz CT molecular complexity index is 1580. The van der Waals surface area contributed by atoms with Gasteiger partial charge in [-0.1, -0.05) is 90.5 Å². The Kier molecular flexibility index (Phi) is 19.2. The molecule has 1 heterocycles. The molecule has 0 saturated heterocycles. The summed E-state index contributed by atoms with van der Waals surface area (Å²) in [6.07, 6.45) is 7.54. The number of carbonyl (C=O) groups excluding carboxylic acids is 3. The second-order valence-electron chi connectivity index (χ2n) is 14.9. The summed E-state index contributed by atoms with van der Waals surface area (Å²) in [7, 11) is 1.79. The summed E-state index contributed by atoms with van der Waals surface area (Å²) < 4.78 is 11.0. The van der Waals surface area contributed by atoms with Crippen LogP contribution in [0.5, 0.6) is 0 Å². The number of hydrogen-bond donors (Lipinski definition) is 2. The number of rotatable bonds is 21. The lowest BCUT2D eigenvalue weighted by Crippen LogP contribution is -2.47. The molecule has 0 radical (unpaired) electrons. The number of likely N-dealkylation sites (N-methyl/N-ethyl adjacent to an activating group) is 1. The molecule has 2 aromatic rings. The third kappa shape index (κ3) is 15.7. The number of alkyl carbamates (subject to hydrolysis) is 1. The van der Waals surface area contributed by atoms with Gasteiger partial charge in [-0.2, -0.15) is 10.5 Å². The van der Waals surface area contributed by atoms with Crippen LogP contribution in [0.1, 0.15) is 128 Å². The van der Waals surface area contributed by atoms with Crippen molar-refractivity contribution in [1.82, 2.24) is 15.6 Å². The number of anilines is 1. The summed E-state index contributed by atoms with van der Waals surface area (Å²) in [5.74, 6) is 0.548. The van der Waals surface area contributed by atoms with Gasteiger partial charge in [0, 0.05) is 26.3 Å². The van der Waals surface area contributed by atoms with Crippen molar-refractivity contribution in [2.24, 2.45) is 11.8 Å². The van der Waals surface area contributed by atoms with Crippen LogP contribution in [0.4, 0.5) is 10.6 Å². The van der Waals surface area contributed by atoms with Crippen LogP contribution < -0.4 is 15.5 Å². The summed E-state index contributed by atoms with van der Waals surface area (Å²) in [6, 6.07) is 11.8. The molecule has 0 unspecified atom stereocenters. The lowest BCUT2D eigenvalue weighted by molar-refractivity contribution is -0.147. The molecule has 0 spiro atoms. The SMILES string of the molecule is CCCCC[C@H](CCC)CCc1c(C#N)c(SCc2ccc(CNC(C)=O)cc2)nc(N(C)CCOC(=O)[C@@H](NC(=O)OC(C)(C)C)C(C)C)c1C#N. The zero-order valence-electron chi connectivity index (χ0n) is 33.3. The van der Waals surface area contributed by atoms with E-state index in [-0.39, 0.29) is 25.0 Å². The number of carbonyl (C=O) groups is 3. The maximum absolute atomic E-state index is 13.1. The minimum absolute atomic E-state index is 0.0141. The molecule has 2 rings (SSSR count). The second kappa shape index (κ2) is 22.7. The largest absolute Gasteiger partial charge is 0.462 e. The molecular weight excluding hydrogens is 689 g/mol. The van der Waals surface area contributed by atoms with Crippen molar-refractivity contribution in [1.29, 1.82) is 10.5 Å². The number of amides is 2. The molecule has 0 aliphatic carbocycles. The highest BCUT2D eigenvalue weighted by Gasteiger charge is 2.29. The molecule has 1 aromatic heterocycles. The Morgan fingerprint density at radius 3 is 2.19 bits per heavy atom. The Morgan fingerprint density at radius 2 is 1.62 bits per heavy atom. The van der Waals surface area contributed by atoms with E-state index in [9.17, 15) is 24.9 Å². The van der Waals surface area contributed by atoms with Crippen molar-refractivity contribution in [3.8, 4) is 12.1 Å². The summed E-state index contributed by atoms with van der Waals surface area (Å²) in [6.45, 7) is 15.4. The molecule has 2 atom stereocenters. The second-order valence-corrected chi connectivity index (χ2v) is 15.8. The first-order valence-corrected chi connectivity index (χ1v) is 19.8.